The molecule has 0 amide bonds. The van der Waals surface area contributed by atoms with Crippen LogP contribution in [0.1, 0.15) is 26.2 Å². The van der Waals surface area contributed by atoms with Crippen molar-refractivity contribution in [3.05, 3.63) is 17.5 Å². The third kappa shape index (κ3) is 3.42. The summed E-state index contributed by atoms with van der Waals surface area (Å²) in [5, 5.41) is 1.34. The number of thiophene rings is 1. The molecule has 1 aromatic rings. The second-order valence-electron chi connectivity index (χ2n) is 3.38. The van der Waals surface area contributed by atoms with E-state index < -0.39 is 16.0 Å². The van der Waals surface area contributed by atoms with Crippen molar-refractivity contribution in [2.24, 2.45) is 0 Å². The van der Waals surface area contributed by atoms with Crippen LogP contribution < -0.4 is 0 Å². The van der Waals surface area contributed by atoms with Gasteiger partial charge < -0.3 is 4.74 Å². The lowest BCUT2D eigenvalue weighted by molar-refractivity contribution is -0.140. The number of ether oxygens (including phenoxy) is 1. The van der Waals surface area contributed by atoms with Crippen LogP contribution in [0.3, 0.4) is 0 Å². The standard InChI is InChI=1S/C11H16O3S2/c1-3-4-6-9(11(12)14-2)16(13)10-7-5-8-15-10/h5,7-9H,3-4,6H2,1-2H3. The van der Waals surface area contributed by atoms with E-state index in [0.717, 1.165) is 17.1 Å². The van der Waals surface area contributed by atoms with Gasteiger partial charge in [-0.2, -0.15) is 0 Å². The SMILES string of the molecule is CCCCC(C(=O)OC)S(=O)c1cccs1. The molecule has 0 aliphatic heterocycles. The number of unbranched alkanes of at least 4 members (excludes halogenated alkanes) is 1. The van der Waals surface area contributed by atoms with Gasteiger partial charge >= 0.3 is 5.97 Å². The summed E-state index contributed by atoms with van der Waals surface area (Å²) in [6, 6.07) is 3.63. The van der Waals surface area contributed by atoms with Gasteiger partial charge in [-0.3, -0.25) is 9.00 Å². The molecule has 3 nitrogen and oxygen atoms in total. The zero-order chi connectivity index (χ0) is 12.0. The summed E-state index contributed by atoms with van der Waals surface area (Å²) in [5.41, 5.74) is 0. The van der Waals surface area contributed by atoms with Gasteiger partial charge in [0.15, 0.2) is 0 Å². The molecule has 0 bridgehead atoms. The smallest absolute Gasteiger partial charge is 0.321 e. The molecule has 0 saturated carbocycles. The summed E-state index contributed by atoms with van der Waals surface area (Å²) in [6.45, 7) is 2.04. The summed E-state index contributed by atoms with van der Waals surface area (Å²) < 4.78 is 17.6. The maximum Gasteiger partial charge on any atom is 0.321 e. The number of hydrogen-bond acceptors (Lipinski definition) is 4. The van der Waals surface area contributed by atoms with E-state index in [2.05, 4.69) is 0 Å². The molecule has 16 heavy (non-hydrogen) atoms. The summed E-state index contributed by atoms with van der Waals surface area (Å²) >= 11 is 1.41. The van der Waals surface area contributed by atoms with E-state index in [1.54, 1.807) is 6.07 Å². The minimum absolute atomic E-state index is 0.375. The van der Waals surface area contributed by atoms with Crippen molar-refractivity contribution in [3.63, 3.8) is 0 Å². The number of esters is 1. The van der Waals surface area contributed by atoms with Crippen LogP contribution in [0.15, 0.2) is 21.7 Å². The molecular formula is C11H16O3S2. The van der Waals surface area contributed by atoms with Crippen molar-refractivity contribution < 1.29 is 13.7 Å². The minimum atomic E-state index is -1.28. The van der Waals surface area contributed by atoms with Gasteiger partial charge in [-0.1, -0.05) is 25.8 Å². The molecule has 1 rings (SSSR count). The number of hydrogen-bond donors (Lipinski definition) is 0. The second-order valence-corrected chi connectivity index (χ2v) is 6.19. The van der Waals surface area contributed by atoms with E-state index in [0.29, 0.717) is 6.42 Å². The average molecular weight is 260 g/mol. The van der Waals surface area contributed by atoms with Crippen LogP contribution in [0, 0.1) is 0 Å². The molecule has 0 aromatic carbocycles. The third-order valence-electron chi connectivity index (χ3n) is 2.24. The Bertz CT molecular complexity index is 346. The number of carbonyl (C=O) groups is 1. The Balaban J connectivity index is 2.76. The zero-order valence-corrected chi connectivity index (χ0v) is 11.1. The first kappa shape index (κ1) is 13.4. The second kappa shape index (κ2) is 6.81. The fraction of sp³-hybridized carbons (Fsp3) is 0.545. The van der Waals surface area contributed by atoms with E-state index >= 15 is 0 Å². The lowest BCUT2D eigenvalue weighted by atomic mass is 10.2. The van der Waals surface area contributed by atoms with Crippen molar-refractivity contribution in [1.29, 1.82) is 0 Å². The third-order valence-corrected chi connectivity index (χ3v) is 5.16. The number of rotatable bonds is 6. The van der Waals surface area contributed by atoms with Gasteiger partial charge in [0.05, 0.1) is 22.1 Å². The first-order valence-corrected chi connectivity index (χ1v) is 7.31. The number of methoxy groups -OCH3 is 1. The van der Waals surface area contributed by atoms with Gasteiger partial charge in [-0.05, 0) is 17.9 Å². The van der Waals surface area contributed by atoms with Crippen LogP contribution >= 0.6 is 11.3 Å². The molecule has 1 heterocycles. The highest BCUT2D eigenvalue weighted by Crippen LogP contribution is 2.21. The van der Waals surface area contributed by atoms with E-state index in [1.165, 1.54) is 18.4 Å². The van der Waals surface area contributed by atoms with E-state index in [4.69, 9.17) is 4.74 Å². The Morgan fingerprint density at radius 3 is 2.88 bits per heavy atom. The van der Waals surface area contributed by atoms with Crippen LogP contribution in [-0.4, -0.2) is 22.5 Å². The lowest BCUT2D eigenvalue weighted by Crippen LogP contribution is -2.27. The Hall–Kier alpha value is -0.680. The van der Waals surface area contributed by atoms with E-state index in [-0.39, 0.29) is 5.97 Å². The van der Waals surface area contributed by atoms with Crippen LogP contribution in [0.2, 0.25) is 0 Å². The molecule has 5 heteroatoms. The molecule has 0 N–H and O–H groups in total. The number of carbonyl (C=O) groups excluding carboxylic acids is 1. The quantitative estimate of drug-likeness (QED) is 0.738. The largest absolute Gasteiger partial charge is 0.468 e. The molecule has 1 aromatic heterocycles. The van der Waals surface area contributed by atoms with Gasteiger partial charge in [-0.15, -0.1) is 11.3 Å². The van der Waals surface area contributed by atoms with Crippen molar-refractivity contribution in [2.75, 3.05) is 7.11 Å². The summed E-state index contributed by atoms with van der Waals surface area (Å²) in [4.78, 5) is 11.5. The fourth-order valence-corrected chi connectivity index (χ4v) is 3.84. The minimum Gasteiger partial charge on any atom is -0.468 e. The predicted octanol–water partition coefficient (Wildman–Crippen LogP) is 2.59. The molecule has 0 radical (unpaired) electrons. The molecule has 90 valence electrons. The van der Waals surface area contributed by atoms with Crippen molar-refractivity contribution in [3.8, 4) is 0 Å². The summed E-state index contributed by atoms with van der Waals surface area (Å²) in [5.74, 6) is -0.375. The topological polar surface area (TPSA) is 43.4 Å². The molecule has 0 spiro atoms. The first-order valence-electron chi connectivity index (χ1n) is 5.22. The van der Waals surface area contributed by atoms with Gasteiger partial charge in [0.1, 0.15) is 5.25 Å². The van der Waals surface area contributed by atoms with Crippen LogP contribution in [0.4, 0.5) is 0 Å². The lowest BCUT2D eigenvalue weighted by Gasteiger charge is -2.12. The van der Waals surface area contributed by atoms with Crippen molar-refractivity contribution >= 4 is 28.1 Å². The summed E-state index contributed by atoms with van der Waals surface area (Å²) in [6.07, 6.45) is 2.49. The van der Waals surface area contributed by atoms with Crippen molar-refractivity contribution in [2.45, 2.75) is 35.6 Å². The Kier molecular flexibility index (Phi) is 5.69. The molecule has 0 fully saturated rings. The molecule has 0 aliphatic rings. The van der Waals surface area contributed by atoms with Gasteiger partial charge in [0, 0.05) is 0 Å². The monoisotopic (exact) mass is 260 g/mol. The van der Waals surface area contributed by atoms with Gasteiger partial charge in [-0.25, -0.2) is 0 Å². The van der Waals surface area contributed by atoms with Crippen LogP contribution in [0.25, 0.3) is 0 Å². The Morgan fingerprint density at radius 2 is 2.38 bits per heavy atom. The van der Waals surface area contributed by atoms with Crippen LogP contribution in [-0.2, 0) is 20.3 Å². The average Bonchev–Trinajstić information content (AvgIpc) is 2.82. The fourth-order valence-electron chi connectivity index (χ4n) is 1.35. The maximum absolute atomic E-state index is 12.1. The molecule has 0 aliphatic carbocycles. The highest BCUT2D eigenvalue weighted by molar-refractivity contribution is 7.88. The molecule has 0 saturated heterocycles. The highest BCUT2D eigenvalue weighted by Gasteiger charge is 2.27. The van der Waals surface area contributed by atoms with E-state index in [1.807, 2.05) is 18.4 Å². The molecular weight excluding hydrogens is 244 g/mol. The zero-order valence-electron chi connectivity index (χ0n) is 9.47. The molecule has 2 unspecified atom stereocenters. The van der Waals surface area contributed by atoms with Gasteiger partial charge in [0.2, 0.25) is 0 Å². The Morgan fingerprint density at radius 1 is 1.62 bits per heavy atom. The summed E-state index contributed by atoms with van der Waals surface area (Å²) in [7, 11) is 0.0626. The van der Waals surface area contributed by atoms with E-state index in [9.17, 15) is 9.00 Å². The normalized spacial score (nSPS) is 14.4. The molecule has 2 atom stereocenters. The Labute approximate surface area is 102 Å². The van der Waals surface area contributed by atoms with Gasteiger partial charge in [0.25, 0.3) is 0 Å². The van der Waals surface area contributed by atoms with Crippen LogP contribution in [0.5, 0.6) is 0 Å². The maximum atomic E-state index is 12.1. The van der Waals surface area contributed by atoms with Crippen molar-refractivity contribution in [1.82, 2.24) is 0 Å². The predicted molar refractivity (Wildman–Crippen MR) is 66.1 cm³/mol. The highest BCUT2D eigenvalue weighted by atomic mass is 32.2. The first-order chi connectivity index (χ1) is 7.70.